The van der Waals surface area contributed by atoms with Crippen molar-refractivity contribution in [3.63, 3.8) is 0 Å². The SMILES string of the molecule is COc1ccc(C(=O)N2CCC3(CC2)SCCN3C(=O)c2ccc(C)cc2)cc1. The molecule has 152 valence electrons. The lowest BCUT2D eigenvalue weighted by atomic mass is 10.00. The summed E-state index contributed by atoms with van der Waals surface area (Å²) in [7, 11) is 1.61. The molecule has 2 aliphatic heterocycles. The molecular formula is C23H26N2O3S. The fourth-order valence-corrected chi connectivity index (χ4v) is 5.59. The summed E-state index contributed by atoms with van der Waals surface area (Å²) in [6.07, 6.45) is 1.61. The van der Waals surface area contributed by atoms with Gasteiger partial charge in [-0.15, -0.1) is 11.8 Å². The highest BCUT2D eigenvalue weighted by Crippen LogP contribution is 2.44. The topological polar surface area (TPSA) is 49.9 Å². The third kappa shape index (κ3) is 3.86. The number of hydrogen-bond donors (Lipinski definition) is 0. The van der Waals surface area contributed by atoms with E-state index in [-0.39, 0.29) is 16.7 Å². The number of hydrogen-bond acceptors (Lipinski definition) is 4. The summed E-state index contributed by atoms with van der Waals surface area (Å²) in [5.74, 6) is 1.84. The number of carbonyl (C=O) groups is 2. The van der Waals surface area contributed by atoms with E-state index in [0.717, 1.165) is 42.0 Å². The van der Waals surface area contributed by atoms with Gasteiger partial charge in [0.2, 0.25) is 0 Å². The van der Waals surface area contributed by atoms with E-state index in [1.54, 1.807) is 7.11 Å². The van der Waals surface area contributed by atoms with Gasteiger partial charge in [0.15, 0.2) is 0 Å². The zero-order chi connectivity index (χ0) is 20.4. The Morgan fingerprint density at radius 2 is 1.48 bits per heavy atom. The van der Waals surface area contributed by atoms with Gasteiger partial charge in [0.05, 0.1) is 12.0 Å². The zero-order valence-electron chi connectivity index (χ0n) is 16.9. The van der Waals surface area contributed by atoms with Gasteiger partial charge in [-0.05, 0) is 56.2 Å². The first-order chi connectivity index (χ1) is 14.0. The molecule has 0 radical (unpaired) electrons. The Bertz CT molecular complexity index is 887. The molecule has 0 aliphatic carbocycles. The van der Waals surface area contributed by atoms with Crippen molar-refractivity contribution in [1.29, 1.82) is 0 Å². The number of benzene rings is 2. The number of likely N-dealkylation sites (tertiary alicyclic amines) is 1. The third-order valence-electron chi connectivity index (χ3n) is 5.89. The van der Waals surface area contributed by atoms with Gasteiger partial charge in [-0.25, -0.2) is 0 Å². The minimum atomic E-state index is -0.196. The van der Waals surface area contributed by atoms with Crippen LogP contribution in [0, 0.1) is 6.92 Å². The van der Waals surface area contributed by atoms with E-state index in [1.807, 2.05) is 77.0 Å². The van der Waals surface area contributed by atoms with Crippen molar-refractivity contribution in [2.45, 2.75) is 24.6 Å². The summed E-state index contributed by atoms with van der Waals surface area (Å²) in [5, 5.41) is 0. The van der Waals surface area contributed by atoms with Crippen molar-refractivity contribution < 1.29 is 14.3 Å². The summed E-state index contributed by atoms with van der Waals surface area (Å²) in [6.45, 7) is 4.12. The molecular weight excluding hydrogens is 384 g/mol. The molecule has 2 fully saturated rings. The Hall–Kier alpha value is -2.47. The van der Waals surface area contributed by atoms with Gasteiger partial charge in [0.1, 0.15) is 5.75 Å². The molecule has 0 saturated carbocycles. The number of piperidine rings is 1. The fraction of sp³-hybridized carbons (Fsp3) is 0.391. The van der Waals surface area contributed by atoms with Crippen LogP contribution in [0.25, 0.3) is 0 Å². The molecule has 0 bridgehead atoms. The standard InChI is InChI=1S/C23H26N2O3S/c1-17-3-5-19(6-4-17)22(27)25-15-16-29-23(25)11-13-24(14-12-23)21(26)18-7-9-20(28-2)10-8-18/h3-10H,11-16H2,1-2H3. The Balaban J connectivity index is 1.44. The van der Waals surface area contributed by atoms with Crippen molar-refractivity contribution in [1.82, 2.24) is 9.80 Å². The van der Waals surface area contributed by atoms with Crippen LogP contribution in [0.15, 0.2) is 48.5 Å². The monoisotopic (exact) mass is 410 g/mol. The molecule has 29 heavy (non-hydrogen) atoms. The minimum absolute atomic E-state index is 0.0434. The zero-order valence-corrected chi connectivity index (χ0v) is 17.7. The van der Waals surface area contributed by atoms with E-state index in [9.17, 15) is 9.59 Å². The van der Waals surface area contributed by atoms with Gasteiger partial charge in [-0.2, -0.15) is 0 Å². The van der Waals surface area contributed by atoms with Crippen LogP contribution in [-0.4, -0.2) is 59.0 Å². The fourth-order valence-electron chi connectivity index (χ4n) is 4.14. The molecule has 2 aromatic rings. The molecule has 6 heteroatoms. The molecule has 1 spiro atoms. The first-order valence-electron chi connectivity index (χ1n) is 9.98. The molecule has 4 rings (SSSR count). The summed E-state index contributed by atoms with van der Waals surface area (Å²) in [6, 6.07) is 15.0. The number of thioether (sulfide) groups is 1. The van der Waals surface area contributed by atoms with Gasteiger partial charge in [-0.3, -0.25) is 9.59 Å². The van der Waals surface area contributed by atoms with Crippen LogP contribution in [0.5, 0.6) is 5.75 Å². The van der Waals surface area contributed by atoms with E-state index in [0.29, 0.717) is 18.7 Å². The number of carbonyl (C=O) groups excluding carboxylic acids is 2. The molecule has 0 aromatic heterocycles. The second kappa shape index (κ2) is 8.11. The Labute approximate surface area is 176 Å². The average molecular weight is 411 g/mol. The molecule has 2 amide bonds. The van der Waals surface area contributed by atoms with Crippen LogP contribution in [0.2, 0.25) is 0 Å². The maximum absolute atomic E-state index is 13.1. The lowest BCUT2D eigenvalue weighted by molar-refractivity contribution is 0.0498. The van der Waals surface area contributed by atoms with E-state index in [4.69, 9.17) is 4.74 Å². The summed E-state index contributed by atoms with van der Waals surface area (Å²) >= 11 is 1.86. The maximum Gasteiger partial charge on any atom is 0.254 e. The van der Waals surface area contributed by atoms with Gasteiger partial charge < -0.3 is 14.5 Å². The maximum atomic E-state index is 13.1. The van der Waals surface area contributed by atoms with Gasteiger partial charge in [0, 0.05) is 36.5 Å². The quantitative estimate of drug-likeness (QED) is 0.772. The molecule has 0 N–H and O–H groups in total. The van der Waals surface area contributed by atoms with Gasteiger partial charge in [0.25, 0.3) is 11.8 Å². The van der Waals surface area contributed by atoms with Gasteiger partial charge in [-0.1, -0.05) is 17.7 Å². The number of methoxy groups -OCH3 is 1. The van der Waals surface area contributed by atoms with E-state index < -0.39 is 0 Å². The number of rotatable bonds is 3. The lowest BCUT2D eigenvalue weighted by Crippen LogP contribution is -2.53. The van der Waals surface area contributed by atoms with Crippen molar-refractivity contribution >= 4 is 23.6 Å². The number of aryl methyl sites for hydroxylation is 1. The Morgan fingerprint density at radius 1 is 0.897 bits per heavy atom. The van der Waals surface area contributed by atoms with E-state index in [1.165, 1.54) is 0 Å². The van der Waals surface area contributed by atoms with Crippen LogP contribution in [-0.2, 0) is 0 Å². The molecule has 2 heterocycles. The van der Waals surface area contributed by atoms with E-state index in [2.05, 4.69) is 0 Å². The number of ether oxygens (including phenoxy) is 1. The lowest BCUT2D eigenvalue weighted by Gasteiger charge is -2.44. The normalized spacial score (nSPS) is 18.1. The molecule has 2 aromatic carbocycles. The predicted molar refractivity (Wildman–Crippen MR) is 116 cm³/mol. The van der Waals surface area contributed by atoms with Crippen LogP contribution in [0.3, 0.4) is 0 Å². The summed E-state index contributed by atoms with van der Waals surface area (Å²) < 4.78 is 5.17. The van der Waals surface area contributed by atoms with Crippen molar-refractivity contribution in [2.75, 3.05) is 32.5 Å². The summed E-state index contributed by atoms with van der Waals surface area (Å²) in [4.78, 5) is 29.8. The first-order valence-corrected chi connectivity index (χ1v) is 11.0. The Kier molecular flexibility index (Phi) is 5.54. The smallest absolute Gasteiger partial charge is 0.254 e. The molecule has 2 saturated heterocycles. The summed E-state index contributed by atoms with van der Waals surface area (Å²) in [5.41, 5.74) is 2.57. The molecule has 0 unspecified atom stereocenters. The number of amides is 2. The highest BCUT2D eigenvalue weighted by Gasteiger charge is 2.47. The van der Waals surface area contributed by atoms with Crippen LogP contribution >= 0.6 is 11.8 Å². The molecule has 5 nitrogen and oxygen atoms in total. The average Bonchev–Trinajstić information content (AvgIpc) is 3.16. The third-order valence-corrected chi connectivity index (χ3v) is 7.44. The Morgan fingerprint density at radius 3 is 2.10 bits per heavy atom. The first kappa shape index (κ1) is 19.8. The van der Waals surface area contributed by atoms with E-state index >= 15 is 0 Å². The minimum Gasteiger partial charge on any atom is -0.497 e. The highest BCUT2D eigenvalue weighted by molar-refractivity contribution is 8.00. The largest absolute Gasteiger partial charge is 0.497 e. The van der Waals surface area contributed by atoms with Crippen molar-refractivity contribution in [2.24, 2.45) is 0 Å². The van der Waals surface area contributed by atoms with Crippen LogP contribution < -0.4 is 4.74 Å². The van der Waals surface area contributed by atoms with Gasteiger partial charge >= 0.3 is 0 Å². The van der Waals surface area contributed by atoms with Crippen LogP contribution in [0.4, 0.5) is 0 Å². The van der Waals surface area contributed by atoms with Crippen molar-refractivity contribution in [3.8, 4) is 5.75 Å². The predicted octanol–water partition coefficient (Wildman–Crippen LogP) is 3.83. The molecule has 0 atom stereocenters. The van der Waals surface area contributed by atoms with Crippen LogP contribution in [0.1, 0.15) is 39.1 Å². The van der Waals surface area contributed by atoms with Crippen molar-refractivity contribution in [3.05, 3.63) is 65.2 Å². The highest BCUT2D eigenvalue weighted by atomic mass is 32.2. The molecule has 2 aliphatic rings. The number of nitrogens with zero attached hydrogens (tertiary/aromatic N) is 2. The second-order valence-electron chi connectivity index (χ2n) is 7.64. The second-order valence-corrected chi connectivity index (χ2v) is 9.10.